The molecule has 1 aliphatic carbocycles. The molecule has 3 rings (SSSR count). The highest BCUT2D eigenvalue weighted by Gasteiger charge is 2.30. The molecule has 5 nitrogen and oxygen atoms in total. The van der Waals surface area contributed by atoms with E-state index in [1.54, 1.807) is 12.1 Å². The minimum atomic E-state index is -0.442. The summed E-state index contributed by atoms with van der Waals surface area (Å²) in [7, 11) is 0. The number of anilines is 1. The lowest BCUT2D eigenvalue weighted by Gasteiger charge is -2.20. The van der Waals surface area contributed by atoms with Crippen LogP contribution in [0.15, 0.2) is 18.2 Å². The Labute approximate surface area is 139 Å². The first kappa shape index (κ1) is 16.3. The van der Waals surface area contributed by atoms with Gasteiger partial charge in [-0.25, -0.2) is 9.18 Å². The van der Waals surface area contributed by atoms with E-state index in [4.69, 9.17) is 11.6 Å². The number of nitrogens with zero attached hydrogens (tertiary/aromatic N) is 1. The maximum atomic E-state index is 13.2. The van der Waals surface area contributed by atoms with Crippen LogP contribution in [0.25, 0.3) is 0 Å². The lowest BCUT2D eigenvalue weighted by atomic mass is 10.2. The van der Waals surface area contributed by atoms with Gasteiger partial charge in [0.05, 0.1) is 11.1 Å². The molecule has 126 valence electrons. The third-order valence-corrected chi connectivity index (χ3v) is 4.72. The molecule has 0 aromatic heterocycles. The highest BCUT2D eigenvalue weighted by molar-refractivity contribution is 6.31. The van der Waals surface area contributed by atoms with Crippen molar-refractivity contribution in [2.45, 2.75) is 31.4 Å². The van der Waals surface area contributed by atoms with E-state index >= 15 is 0 Å². The highest BCUT2D eigenvalue weighted by atomic mass is 35.5. The summed E-state index contributed by atoms with van der Waals surface area (Å²) in [5.41, 5.74) is 0.852. The van der Waals surface area contributed by atoms with E-state index in [0.717, 1.165) is 31.5 Å². The molecule has 3 N–H and O–H groups in total. The van der Waals surface area contributed by atoms with Gasteiger partial charge in [0.25, 0.3) is 0 Å². The molecule has 0 radical (unpaired) electrons. The number of hydrogen-bond donors (Lipinski definition) is 3. The van der Waals surface area contributed by atoms with Crippen molar-refractivity contribution in [2.75, 3.05) is 24.5 Å². The molecule has 1 heterocycles. The first-order chi connectivity index (χ1) is 11.0. The molecule has 2 unspecified atom stereocenters. The summed E-state index contributed by atoms with van der Waals surface area (Å²) in [6, 6.07) is 4.41. The van der Waals surface area contributed by atoms with E-state index in [9.17, 15) is 14.3 Å². The first-order valence-corrected chi connectivity index (χ1v) is 8.33. The second-order valence-corrected chi connectivity index (χ2v) is 6.70. The van der Waals surface area contributed by atoms with Gasteiger partial charge in [0.15, 0.2) is 0 Å². The normalized spacial score (nSPS) is 22.0. The van der Waals surface area contributed by atoms with E-state index in [2.05, 4.69) is 15.5 Å². The van der Waals surface area contributed by atoms with Crippen LogP contribution < -0.4 is 15.5 Å². The maximum Gasteiger partial charge on any atom is 0.315 e. The molecule has 0 spiro atoms. The molecule has 2 atom stereocenters. The van der Waals surface area contributed by atoms with Gasteiger partial charge in [-0.3, -0.25) is 0 Å². The van der Waals surface area contributed by atoms with Gasteiger partial charge in [0, 0.05) is 31.4 Å². The Morgan fingerprint density at radius 3 is 2.91 bits per heavy atom. The van der Waals surface area contributed by atoms with Gasteiger partial charge in [-0.1, -0.05) is 11.6 Å². The highest BCUT2D eigenvalue weighted by Crippen LogP contribution is 2.32. The fourth-order valence-electron chi connectivity index (χ4n) is 2.88. The van der Waals surface area contributed by atoms with Crippen molar-refractivity contribution in [3.8, 4) is 0 Å². The molecule has 23 heavy (non-hydrogen) atoms. The maximum absolute atomic E-state index is 13.2. The zero-order valence-electron chi connectivity index (χ0n) is 12.8. The summed E-state index contributed by atoms with van der Waals surface area (Å²) >= 11 is 5.81. The quantitative estimate of drug-likeness (QED) is 0.768. The Balaban J connectivity index is 1.45. The summed E-state index contributed by atoms with van der Waals surface area (Å²) in [6.07, 6.45) is 2.46. The number of urea groups is 1. The van der Waals surface area contributed by atoms with Crippen LogP contribution in [-0.4, -0.2) is 42.9 Å². The fourth-order valence-corrected chi connectivity index (χ4v) is 3.05. The number of carbonyl (C=O) groups excluding carboxylic acids is 1. The zero-order chi connectivity index (χ0) is 16.4. The number of aliphatic hydroxyl groups excluding tert-OH is 1. The van der Waals surface area contributed by atoms with Crippen molar-refractivity contribution in [2.24, 2.45) is 5.92 Å². The van der Waals surface area contributed by atoms with Gasteiger partial charge in [-0.15, -0.1) is 0 Å². The minimum Gasteiger partial charge on any atom is -0.391 e. The van der Waals surface area contributed by atoms with Crippen LogP contribution in [0, 0.1) is 11.7 Å². The molecular weight excluding hydrogens is 321 g/mol. The average Bonchev–Trinajstić information content (AvgIpc) is 3.28. The van der Waals surface area contributed by atoms with Crippen LogP contribution in [0.1, 0.15) is 19.3 Å². The number of halogens is 2. The van der Waals surface area contributed by atoms with Crippen LogP contribution in [0.2, 0.25) is 5.02 Å². The van der Waals surface area contributed by atoms with Gasteiger partial charge in [0.1, 0.15) is 5.82 Å². The number of rotatable bonds is 5. The monoisotopic (exact) mass is 341 g/mol. The molecule has 1 aliphatic heterocycles. The Morgan fingerprint density at radius 2 is 2.22 bits per heavy atom. The van der Waals surface area contributed by atoms with Crippen LogP contribution in [0.5, 0.6) is 0 Å². The van der Waals surface area contributed by atoms with Gasteiger partial charge in [-0.2, -0.15) is 0 Å². The predicted octanol–water partition coefficient (Wildman–Crippen LogP) is 2.13. The standard InChI is InChI=1S/C16H21ClFN3O2/c17-13-7-12(3-4-14(13)18)21-6-5-11(9-21)20-16(23)19-8-15(22)10-1-2-10/h3-4,7,10-11,15,22H,1-2,5-6,8-9H2,(H2,19,20,23). The van der Waals surface area contributed by atoms with Crippen LogP contribution in [0.4, 0.5) is 14.9 Å². The predicted molar refractivity (Wildman–Crippen MR) is 87.3 cm³/mol. The second-order valence-electron chi connectivity index (χ2n) is 6.29. The van der Waals surface area contributed by atoms with Crippen LogP contribution in [0.3, 0.4) is 0 Å². The summed E-state index contributed by atoms with van der Waals surface area (Å²) < 4.78 is 13.2. The van der Waals surface area contributed by atoms with Gasteiger partial charge in [0.2, 0.25) is 0 Å². The summed E-state index contributed by atoms with van der Waals surface area (Å²) in [5.74, 6) is -0.0848. The Kier molecular flexibility index (Phi) is 4.92. The Hall–Kier alpha value is -1.53. The fraction of sp³-hybridized carbons (Fsp3) is 0.562. The molecule has 1 saturated carbocycles. The topological polar surface area (TPSA) is 64.6 Å². The molecule has 2 amide bonds. The molecule has 1 aromatic rings. The molecule has 1 aromatic carbocycles. The number of carbonyl (C=O) groups is 1. The number of nitrogens with one attached hydrogen (secondary N) is 2. The first-order valence-electron chi connectivity index (χ1n) is 7.95. The second kappa shape index (κ2) is 6.93. The van der Waals surface area contributed by atoms with Crippen molar-refractivity contribution in [3.05, 3.63) is 29.0 Å². The van der Waals surface area contributed by atoms with Crippen molar-refractivity contribution in [1.82, 2.24) is 10.6 Å². The third kappa shape index (κ3) is 4.26. The number of aliphatic hydroxyl groups is 1. The molecule has 2 fully saturated rings. The van der Waals surface area contributed by atoms with Crippen molar-refractivity contribution < 1.29 is 14.3 Å². The van der Waals surface area contributed by atoms with Crippen molar-refractivity contribution in [3.63, 3.8) is 0 Å². The van der Waals surface area contributed by atoms with Crippen molar-refractivity contribution >= 4 is 23.3 Å². The van der Waals surface area contributed by atoms with Gasteiger partial charge in [-0.05, 0) is 43.4 Å². The van der Waals surface area contributed by atoms with Crippen LogP contribution in [-0.2, 0) is 0 Å². The molecule has 7 heteroatoms. The van der Waals surface area contributed by atoms with E-state index < -0.39 is 11.9 Å². The Bertz CT molecular complexity index is 582. The lowest BCUT2D eigenvalue weighted by molar-refractivity contribution is 0.149. The smallest absolute Gasteiger partial charge is 0.315 e. The third-order valence-electron chi connectivity index (χ3n) is 4.43. The van der Waals surface area contributed by atoms with Gasteiger partial charge >= 0.3 is 6.03 Å². The summed E-state index contributed by atoms with van der Waals surface area (Å²) in [5, 5.41) is 15.5. The number of amides is 2. The molecule has 0 bridgehead atoms. The molecule has 2 aliphatic rings. The largest absolute Gasteiger partial charge is 0.391 e. The van der Waals surface area contributed by atoms with E-state index in [1.807, 2.05) is 0 Å². The average molecular weight is 342 g/mol. The van der Waals surface area contributed by atoms with E-state index in [0.29, 0.717) is 19.0 Å². The summed E-state index contributed by atoms with van der Waals surface area (Å²) in [4.78, 5) is 13.9. The molecule has 1 saturated heterocycles. The summed E-state index contributed by atoms with van der Waals surface area (Å²) in [6.45, 7) is 1.72. The lowest BCUT2D eigenvalue weighted by Crippen LogP contribution is -2.45. The zero-order valence-corrected chi connectivity index (χ0v) is 13.5. The van der Waals surface area contributed by atoms with Gasteiger partial charge < -0.3 is 20.6 Å². The number of benzene rings is 1. The minimum absolute atomic E-state index is 0.0249. The van der Waals surface area contributed by atoms with Crippen LogP contribution >= 0.6 is 11.6 Å². The number of hydrogen-bond acceptors (Lipinski definition) is 3. The van der Waals surface area contributed by atoms with E-state index in [1.165, 1.54) is 6.07 Å². The van der Waals surface area contributed by atoms with E-state index in [-0.39, 0.29) is 17.1 Å². The Morgan fingerprint density at radius 1 is 1.43 bits per heavy atom. The SMILES string of the molecule is O=C(NCC(O)C1CC1)NC1CCN(c2ccc(F)c(Cl)c2)C1. The molecular formula is C16H21ClFN3O2. The van der Waals surface area contributed by atoms with Crippen molar-refractivity contribution in [1.29, 1.82) is 0 Å².